The number of nitrogens with two attached hydrogens (primary N) is 1. The van der Waals surface area contributed by atoms with Crippen LogP contribution in [0.3, 0.4) is 0 Å². The molecule has 0 fully saturated rings. The number of amides is 2. The van der Waals surface area contributed by atoms with Gasteiger partial charge in [0.25, 0.3) is 5.91 Å². The first kappa shape index (κ1) is 19.0. The number of carbonyl (C=O) groups excluding carboxylic acids is 3. The smallest absolute Gasteiger partial charge is 0.265 e. The van der Waals surface area contributed by atoms with E-state index in [1.807, 2.05) is 0 Å². The van der Waals surface area contributed by atoms with Gasteiger partial charge in [-0.1, -0.05) is 0 Å². The highest BCUT2D eigenvalue weighted by molar-refractivity contribution is 5.96. The Morgan fingerprint density at radius 1 is 1.00 bits per heavy atom. The van der Waals surface area contributed by atoms with Crippen LogP contribution in [-0.4, -0.2) is 30.8 Å². The van der Waals surface area contributed by atoms with Gasteiger partial charge in [-0.15, -0.1) is 0 Å². The first-order valence-electron chi connectivity index (χ1n) is 7.88. The van der Waals surface area contributed by atoms with E-state index in [9.17, 15) is 14.4 Å². The molecule has 2 aromatic carbocycles. The van der Waals surface area contributed by atoms with Gasteiger partial charge in [0, 0.05) is 16.8 Å². The van der Waals surface area contributed by atoms with Crippen molar-refractivity contribution in [3.8, 4) is 11.5 Å². The van der Waals surface area contributed by atoms with E-state index < -0.39 is 12.0 Å². The number of primary amides is 1. The molecule has 0 aliphatic carbocycles. The average molecular weight is 356 g/mol. The fourth-order valence-electron chi connectivity index (χ4n) is 2.19. The molecule has 2 rings (SSSR count). The topological polar surface area (TPSA) is 108 Å². The molecule has 0 saturated heterocycles. The van der Waals surface area contributed by atoms with E-state index in [2.05, 4.69) is 5.32 Å². The lowest BCUT2D eigenvalue weighted by Crippen LogP contribution is -2.30. The molecule has 0 aliphatic rings. The van der Waals surface area contributed by atoms with Gasteiger partial charge in [-0.05, 0) is 56.3 Å². The van der Waals surface area contributed by atoms with E-state index in [-0.39, 0.29) is 11.7 Å². The minimum atomic E-state index is -0.817. The number of benzene rings is 2. The van der Waals surface area contributed by atoms with Crippen molar-refractivity contribution in [2.45, 2.75) is 20.0 Å². The Morgan fingerprint density at radius 2 is 1.62 bits per heavy atom. The summed E-state index contributed by atoms with van der Waals surface area (Å²) in [5.41, 5.74) is 6.52. The van der Waals surface area contributed by atoms with Crippen LogP contribution in [-0.2, 0) is 4.79 Å². The maximum Gasteiger partial charge on any atom is 0.265 e. The zero-order valence-corrected chi connectivity index (χ0v) is 14.7. The molecular weight excluding hydrogens is 336 g/mol. The van der Waals surface area contributed by atoms with Gasteiger partial charge in [-0.3, -0.25) is 14.4 Å². The van der Waals surface area contributed by atoms with Crippen LogP contribution in [0.15, 0.2) is 42.5 Å². The third-order valence-electron chi connectivity index (χ3n) is 3.68. The molecule has 0 aromatic heterocycles. The van der Waals surface area contributed by atoms with Crippen molar-refractivity contribution in [1.29, 1.82) is 0 Å². The molecule has 0 heterocycles. The summed E-state index contributed by atoms with van der Waals surface area (Å²) in [5.74, 6) is -0.303. The minimum absolute atomic E-state index is 0.0972. The Labute approximate surface area is 151 Å². The SMILES string of the molecule is COc1cc(C(C)=O)ccc1O[C@H](C)C(=O)Nc1ccc(C(N)=O)cc1. The standard InChI is InChI=1S/C19H20N2O5/c1-11(22)14-6-9-16(17(10-14)25-3)26-12(2)19(24)21-15-7-4-13(5-8-15)18(20)23/h4-10,12H,1-3H3,(H2,20,23)(H,21,24)/t12-/m1/s1. The first-order valence-corrected chi connectivity index (χ1v) is 7.88. The quantitative estimate of drug-likeness (QED) is 0.741. The van der Waals surface area contributed by atoms with Crippen LogP contribution in [0, 0.1) is 0 Å². The Kier molecular flexibility index (Phi) is 5.95. The van der Waals surface area contributed by atoms with Crippen molar-refractivity contribution in [1.82, 2.24) is 0 Å². The van der Waals surface area contributed by atoms with Gasteiger partial charge in [0.1, 0.15) is 0 Å². The summed E-state index contributed by atoms with van der Waals surface area (Å²) in [6.45, 7) is 3.04. The van der Waals surface area contributed by atoms with Crippen molar-refractivity contribution in [3.63, 3.8) is 0 Å². The van der Waals surface area contributed by atoms with Crippen molar-refractivity contribution in [3.05, 3.63) is 53.6 Å². The van der Waals surface area contributed by atoms with Gasteiger partial charge in [0.15, 0.2) is 23.4 Å². The number of methoxy groups -OCH3 is 1. The number of nitrogens with one attached hydrogen (secondary N) is 1. The lowest BCUT2D eigenvalue weighted by Gasteiger charge is -2.17. The van der Waals surface area contributed by atoms with E-state index in [1.165, 1.54) is 26.2 Å². The van der Waals surface area contributed by atoms with Crippen LogP contribution >= 0.6 is 0 Å². The highest BCUT2D eigenvalue weighted by Crippen LogP contribution is 2.29. The maximum absolute atomic E-state index is 12.3. The fourth-order valence-corrected chi connectivity index (χ4v) is 2.19. The number of carbonyl (C=O) groups is 3. The molecular formula is C19H20N2O5. The molecule has 0 spiro atoms. The second-order valence-electron chi connectivity index (χ2n) is 5.61. The minimum Gasteiger partial charge on any atom is -0.493 e. The summed E-state index contributed by atoms with van der Waals surface area (Å²) >= 11 is 0. The van der Waals surface area contributed by atoms with Gasteiger partial charge in [0.2, 0.25) is 5.91 Å². The van der Waals surface area contributed by atoms with Crippen LogP contribution in [0.1, 0.15) is 34.6 Å². The molecule has 0 unspecified atom stereocenters. The highest BCUT2D eigenvalue weighted by Gasteiger charge is 2.18. The van der Waals surface area contributed by atoms with Crippen molar-refractivity contribution >= 4 is 23.3 Å². The van der Waals surface area contributed by atoms with E-state index in [4.69, 9.17) is 15.2 Å². The van der Waals surface area contributed by atoms with Crippen LogP contribution in [0.5, 0.6) is 11.5 Å². The highest BCUT2D eigenvalue weighted by atomic mass is 16.5. The molecule has 7 nitrogen and oxygen atoms in total. The number of anilines is 1. The first-order chi connectivity index (χ1) is 12.3. The predicted molar refractivity (Wildman–Crippen MR) is 96.7 cm³/mol. The van der Waals surface area contributed by atoms with Gasteiger partial charge in [-0.25, -0.2) is 0 Å². The molecule has 0 aliphatic heterocycles. The van der Waals surface area contributed by atoms with Crippen LogP contribution in [0.25, 0.3) is 0 Å². The molecule has 3 N–H and O–H groups in total. The van der Waals surface area contributed by atoms with Gasteiger partial charge >= 0.3 is 0 Å². The second kappa shape index (κ2) is 8.15. The number of hydrogen-bond donors (Lipinski definition) is 2. The molecule has 2 amide bonds. The summed E-state index contributed by atoms with van der Waals surface area (Å²) in [4.78, 5) is 34.8. The zero-order valence-electron chi connectivity index (χ0n) is 14.7. The lowest BCUT2D eigenvalue weighted by atomic mass is 10.1. The molecule has 136 valence electrons. The largest absolute Gasteiger partial charge is 0.493 e. The second-order valence-corrected chi connectivity index (χ2v) is 5.61. The van der Waals surface area contributed by atoms with E-state index in [0.29, 0.717) is 28.3 Å². The third kappa shape index (κ3) is 4.60. The van der Waals surface area contributed by atoms with E-state index in [0.717, 1.165) is 0 Å². The lowest BCUT2D eigenvalue weighted by molar-refractivity contribution is -0.122. The number of ether oxygens (including phenoxy) is 2. The Bertz CT molecular complexity index is 830. The molecule has 0 radical (unpaired) electrons. The summed E-state index contributed by atoms with van der Waals surface area (Å²) in [5, 5.41) is 2.68. The molecule has 0 bridgehead atoms. The molecule has 2 aromatic rings. The third-order valence-corrected chi connectivity index (χ3v) is 3.68. The number of hydrogen-bond acceptors (Lipinski definition) is 5. The van der Waals surface area contributed by atoms with Crippen molar-refractivity contribution in [2.75, 3.05) is 12.4 Å². The van der Waals surface area contributed by atoms with Gasteiger partial charge < -0.3 is 20.5 Å². The summed E-state index contributed by atoms with van der Waals surface area (Å²) < 4.78 is 10.9. The van der Waals surface area contributed by atoms with Crippen molar-refractivity contribution in [2.24, 2.45) is 5.73 Å². The van der Waals surface area contributed by atoms with E-state index in [1.54, 1.807) is 37.3 Å². The zero-order chi connectivity index (χ0) is 19.3. The molecule has 7 heteroatoms. The summed E-state index contributed by atoms with van der Waals surface area (Å²) in [6, 6.07) is 10.9. The Morgan fingerprint density at radius 3 is 2.15 bits per heavy atom. The Hall–Kier alpha value is -3.35. The number of ketones is 1. The average Bonchev–Trinajstić information content (AvgIpc) is 2.62. The normalized spacial score (nSPS) is 11.3. The molecule has 26 heavy (non-hydrogen) atoms. The van der Waals surface area contributed by atoms with Gasteiger partial charge in [-0.2, -0.15) is 0 Å². The van der Waals surface area contributed by atoms with E-state index >= 15 is 0 Å². The van der Waals surface area contributed by atoms with Gasteiger partial charge in [0.05, 0.1) is 7.11 Å². The van der Waals surface area contributed by atoms with Crippen molar-refractivity contribution < 1.29 is 23.9 Å². The number of Topliss-reactive ketones (excluding diaryl/α,β-unsaturated/α-hetero) is 1. The van der Waals surface area contributed by atoms with Crippen LogP contribution < -0.4 is 20.5 Å². The molecule has 0 saturated carbocycles. The fraction of sp³-hybridized carbons (Fsp3) is 0.211. The monoisotopic (exact) mass is 356 g/mol. The van der Waals surface area contributed by atoms with Crippen LogP contribution in [0.2, 0.25) is 0 Å². The molecule has 1 atom stereocenters. The maximum atomic E-state index is 12.3. The summed E-state index contributed by atoms with van der Waals surface area (Å²) in [6.07, 6.45) is -0.817. The van der Waals surface area contributed by atoms with Crippen LogP contribution in [0.4, 0.5) is 5.69 Å². The summed E-state index contributed by atoms with van der Waals surface area (Å²) in [7, 11) is 1.46. The predicted octanol–water partition coefficient (Wildman–Crippen LogP) is 2.40. The Balaban J connectivity index is 2.06. The number of rotatable bonds is 7.